The first kappa shape index (κ1) is 14.3. The molecule has 1 fully saturated rings. The minimum absolute atomic E-state index is 0.0862. The van der Waals surface area contributed by atoms with Gasteiger partial charge < -0.3 is 5.32 Å². The van der Waals surface area contributed by atoms with Crippen LogP contribution >= 0.6 is 0 Å². The van der Waals surface area contributed by atoms with Crippen LogP contribution in [0.15, 0.2) is 17.0 Å². The lowest BCUT2D eigenvalue weighted by atomic mass is 10.3. The molecule has 1 aliphatic heterocycles. The van der Waals surface area contributed by atoms with E-state index in [4.69, 9.17) is 0 Å². The van der Waals surface area contributed by atoms with Gasteiger partial charge in [-0.25, -0.2) is 21.6 Å². The summed E-state index contributed by atoms with van der Waals surface area (Å²) in [7, 11) is -4.15. The number of rotatable bonds is 2. The summed E-state index contributed by atoms with van der Waals surface area (Å²) >= 11 is 0. The molecule has 1 aromatic carbocycles. The summed E-state index contributed by atoms with van der Waals surface area (Å²) in [4.78, 5) is -0.833. The van der Waals surface area contributed by atoms with Gasteiger partial charge in [-0.15, -0.1) is 0 Å². The van der Waals surface area contributed by atoms with Crippen molar-refractivity contribution in [3.05, 3.63) is 29.6 Å². The number of hydrogen-bond acceptors (Lipinski definition) is 3. The number of piperazine rings is 1. The molecule has 4 nitrogen and oxygen atoms in total. The molecular formula is C11H13F3N2O2S. The molecule has 1 aliphatic rings. The normalized spacial score (nSPS) is 21.6. The zero-order chi connectivity index (χ0) is 14.2. The maximum absolute atomic E-state index is 13.6. The van der Waals surface area contributed by atoms with Crippen LogP contribution in [0.2, 0.25) is 0 Å². The maximum Gasteiger partial charge on any atom is 0.246 e. The Hall–Kier alpha value is -1.12. The van der Waals surface area contributed by atoms with Crippen molar-refractivity contribution >= 4 is 10.0 Å². The molecule has 1 heterocycles. The summed E-state index contributed by atoms with van der Waals surface area (Å²) in [6.45, 7) is 2.51. The SMILES string of the molecule is C[C@@H]1CN(S(=O)(=O)c2ccc(F)c(F)c2F)CCN1. The first-order valence-electron chi connectivity index (χ1n) is 5.71. The Morgan fingerprint density at radius 2 is 1.95 bits per heavy atom. The van der Waals surface area contributed by atoms with Gasteiger partial charge in [-0.2, -0.15) is 4.31 Å². The Kier molecular flexibility index (Phi) is 3.84. The van der Waals surface area contributed by atoms with Gasteiger partial charge in [-0.1, -0.05) is 0 Å². The third kappa shape index (κ3) is 2.60. The van der Waals surface area contributed by atoms with E-state index in [0.29, 0.717) is 12.6 Å². The third-order valence-electron chi connectivity index (χ3n) is 2.95. The minimum atomic E-state index is -4.15. The van der Waals surface area contributed by atoms with Gasteiger partial charge >= 0.3 is 0 Å². The lowest BCUT2D eigenvalue weighted by Crippen LogP contribution is -2.51. The Morgan fingerprint density at radius 1 is 1.26 bits per heavy atom. The average Bonchev–Trinajstić information content (AvgIpc) is 2.36. The molecule has 0 saturated carbocycles. The largest absolute Gasteiger partial charge is 0.312 e. The van der Waals surface area contributed by atoms with Crippen molar-refractivity contribution in [1.82, 2.24) is 9.62 Å². The first-order valence-corrected chi connectivity index (χ1v) is 7.15. The molecule has 2 rings (SSSR count). The second-order valence-electron chi connectivity index (χ2n) is 4.39. The lowest BCUT2D eigenvalue weighted by molar-refractivity contribution is 0.308. The number of benzene rings is 1. The molecule has 0 aromatic heterocycles. The summed E-state index contributed by atoms with van der Waals surface area (Å²) in [6.07, 6.45) is 0. The monoisotopic (exact) mass is 294 g/mol. The second-order valence-corrected chi connectivity index (χ2v) is 6.30. The van der Waals surface area contributed by atoms with Gasteiger partial charge in [0.2, 0.25) is 10.0 Å². The van der Waals surface area contributed by atoms with Crippen LogP contribution in [0.3, 0.4) is 0 Å². The topological polar surface area (TPSA) is 49.4 Å². The molecular weight excluding hydrogens is 281 g/mol. The molecule has 0 amide bonds. The maximum atomic E-state index is 13.6. The number of hydrogen-bond donors (Lipinski definition) is 1. The predicted octanol–water partition coefficient (Wildman–Crippen LogP) is 1.09. The van der Waals surface area contributed by atoms with Crippen molar-refractivity contribution in [2.75, 3.05) is 19.6 Å². The standard InChI is InChI=1S/C11H13F3N2O2S/c1-7-6-16(5-4-15-7)19(17,18)9-3-2-8(12)10(13)11(9)14/h2-3,7,15H,4-6H2,1H3/t7-/m1/s1. The fourth-order valence-electron chi connectivity index (χ4n) is 1.96. The molecule has 1 aromatic rings. The summed E-state index contributed by atoms with van der Waals surface area (Å²) in [5.74, 6) is -4.86. The van der Waals surface area contributed by atoms with Crippen LogP contribution in [-0.4, -0.2) is 38.4 Å². The summed E-state index contributed by atoms with van der Waals surface area (Å²) in [6, 6.07) is 1.27. The molecule has 1 atom stereocenters. The van der Waals surface area contributed by atoms with E-state index in [-0.39, 0.29) is 19.1 Å². The molecule has 106 valence electrons. The predicted molar refractivity (Wildman–Crippen MR) is 62.5 cm³/mol. The van der Waals surface area contributed by atoms with Gasteiger partial charge in [0.15, 0.2) is 17.5 Å². The van der Waals surface area contributed by atoms with Gasteiger partial charge in [0.1, 0.15) is 4.90 Å². The van der Waals surface area contributed by atoms with E-state index < -0.39 is 32.4 Å². The fourth-order valence-corrected chi connectivity index (χ4v) is 3.55. The van der Waals surface area contributed by atoms with Crippen LogP contribution in [0.1, 0.15) is 6.92 Å². The summed E-state index contributed by atoms with van der Waals surface area (Å²) < 4.78 is 64.9. The molecule has 0 aliphatic carbocycles. The highest BCUT2D eigenvalue weighted by Crippen LogP contribution is 2.23. The highest BCUT2D eigenvalue weighted by atomic mass is 32.2. The summed E-state index contributed by atoms with van der Waals surface area (Å²) in [5.41, 5.74) is 0. The van der Waals surface area contributed by atoms with Crippen LogP contribution in [0.4, 0.5) is 13.2 Å². The molecule has 0 unspecified atom stereocenters. The van der Waals surface area contributed by atoms with E-state index in [0.717, 1.165) is 10.4 Å². The molecule has 1 saturated heterocycles. The Morgan fingerprint density at radius 3 is 2.58 bits per heavy atom. The van der Waals surface area contributed by atoms with Crippen molar-refractivity contribution in [2.45, 2.75) is 17.9 Å². The van der Waals surface area contributed by atoms with Crippen LogP contribution in [0.25, 0.3) is 0 Å². The zero-order valence-electron chi connectivity index (χ0n) is 10.2. The Bertz CT molecular complexity index is 592. The van der Waals surface area contributed by atoms with Crippen molar-refractivity contribution in [3.8, 4) is 0 Å². The van der Waals surface area contributed by atoms with Gasteiger partial charge in [-0.05, 0) is 19.1 Å². The van der Waals surface area contributed by atoms with Crippen molar-refractivity contribution in [3.63, 3.8) is 0 Å². The van der Waals surface area contributed by atoms with Gasteiger partial charge in [0, 0.05) is 25.7 Å². The quantitative estimate of drug-likeness (QED) is 0.831. The minimum Gasteiger partial charge on any atom is -0.312 e. The van der Waals surface area contributed by atoms with Crippen molar-refractivity contribution < 1.29 is 21.6 Å². The van der Waals surface area contributed by atoms with Crippen LogP contribution in [0.5, 0.6) is 0 Å². The highest BCUT2D eigenvalue weighted by molar-refractivity contribution is 7.89. The molecule has 1 N–H and O–H groups in total. The molecule has 0 bridgehead atoms. The van der Waals surface area contributed by atoms with Crippen molar-refractivity contribution in [2.24, 2.45) is 0 Å². The van der Waals surface area contributed by atoms with Gasteiger partial charge in [-0.3, -0.25) is 0 Å². The van der Waals surface area contributed by atoms with Crippen LogP contribution in [-0.2, 0) is 10.0 Å². The van der Waals surface area contributed by atoms with E-state index in [1.807, 2.05) is 0 Å². The smallest absolute Gasteiger partial charge is 0.246 e. The summed E-state index contributed by atoms with van der Waals surface area (Å²) in [5, 5.41) is 3.04. The zero-order valence-corrected chi connectivity index (χ0v) is 11.0. The van der Waals surface area contributed by atoms with Crippen LogP contribution < -0.4 is 5.32 Å². The number of nitrogens with one attached hydrogen (secondary N) is 1. The molecule has 19 heavy (non-hydrogen) atoms. The van der Waals surface area contributed by atoms with E-state index in [9.17, 15) is 21.6 Å². The molecule has 0 radical (unpaired) electrons. The van der Waals surface area contributed by atoms with Crippen LogP contribution in [0, 0.1) is 17.5 Å². The Labute approximate surface area is 109 Å². The number of sulfonamides is 1. The van der Waals surface area contributed by atoms with E-state index in [1.54, 1.807) is 6.92 Å². The van der Waals surface area contributed by atoms with Gasteiger partial charge in [0.05, 0.1) is 0 Å². The first-order chi connectivity index (χ1) is 8.84. The molecule has 0 spiro atoms. The third-order valence-corrected chi connectivity index (χ3v) is 4.83. The molecule has 8 heteroatoms. The number of halogens is 3. The van der Waals surface area contributed by atoms with E-state index in [1.165, 1.54) is 0 Å². The fraction of sp³-hybridized carbons (Fsp3) is 0.455. The second kappa shape index (κ2) is 5.10. The lowest BCUT2D eigenvalue weighted by Gasteiger charge is -2.31. The van der Waals surface area contributed by atoms with Gasteiger partial charge in [0.25, 0.3) is 0 Å². The number of nitrogens with zero attached hydrogens (tertiary/aromatic N) is 1. The average molecular weight is 294 g/mol. The highest BCUT2D eigenvalue weighted by Gasteiger charge is 2.32. The van der Waals surface area contributed by atoms with E-state index >= 15 is 0 Å². The van der Waals surface area contributed by atoms with E-state index in [2.05, 4.69) is 5.32 Å². The van der Waals surface area contributed by atoms with Crippen molar-refractivity contribution in [1.29, 1.82) is 0 Å². The Balaban J connectivity index is 2.42.